The minimum Gasteiger partial charge on any atom is -0.370 e. The molecule has 0 heterocycles. The number of rotatable bonds is 1. The molecule has 76 valence electrons. The number of hydrogen-bond acceptors (Lipinski definition) is 1. The van der Waals surface area contributed by atoms with E-state index < -0.39 is 11.6 Å². The highest BCUT2D eigenvalue weighted by atomic mass is 79.9. The molecule has 0 amide bonds. The lowest BCUT2D eigenvalue weighted by atomic mass is 10.3. The minimum absolute atomic E-state index is 0.0520. The van der Waals surface area contributed by atoms with Crippen LogP contribution < -0.4 is 11.1 Å². The van der Waals surface area contributed by atoms with Crippen LogP contribution in [0.3, 0.4) is 0 Å². The van der Waals surface area contributed by atoms with Gasteiger partial charge in [0.2, 0.25) is 0 Å². The highest BCUT2D eigenvalue weighted by Gasteiger charge is 2.09. The van der Waals surface area contributed by atoms with E-state index in [0.717, 1.165) is 12.1 Å². The van der Waals surface area contributed by atoms with Gasteiger partial charge in [0.1, 0.15) is 5.82 Å². The molecule has 0 atom stereocenters. The number of nitrogens with two attached hydrogens (primary N) is 1. The Bertz CT molecular complexity index is 356. The molecule has 14 heavy (non-hydrogen) atoms. The van der Waals surface area contributed by atoms with Gasteiger partial charge in [-0.15, -0.1) is 0 Å². The molecule has 3 N–H and O–H groups in total. The summed E-state index contributed by atoms with van der Waals surface area (Å²) in [6.07, 6.45) is 0. The standard InChI is InChI=1S/C8H8BrF2N3/c1-13-8(12)14-7-5(9)2-4(10)3-6(7)11/h2-3H,1H3,(H3,12,13,14). The average Bonchev–Trinajstić information content (AvgIpc) is 2.10. The quantitative estimate of drug-likeness (QED) is 0.602. The van der Waals surface area contributed by atoms with Crippen LogP contribution in [0.2, 0.25) is 0 Å². The normalized spacial score (nSPS) is 11.6. The topological polar surface area (TPSA) is 50.4 Å². The van der Waals surface area contributed by atoms with Crippen LogP contribution in [0.15, 0.2) is 21.6 Å². The third-order valence-electron chi connectivity index (χ3n) is 1.50. The lowest BCUT2D eigenvalue weighted by Gasteiger charge is -2.08. The molecule has 6 heteroatoms. The lowest BCUT2D eigenvalue weighted by Crippen LogP contribution is -2.23. The van der Waals surface area contributed by atoms with Gasteiger partial charge in [-0.05, 0) is 22.0 Å². The Kier molecular flexibility index (Phi) is 3.40. The van der Waals surface area contributed by atoms with Crippen molar-refractivity contribution in [1.29, 1.82) is 0 Å². The van der Waals surface area contributed by atoms with Crippen molar-refractivity contribution in [1.82, 2.24) is 0 Å². The molecule has 0 unspecified atom stereocenters. The van der Waals surface area contributed by atoms with Crippen molar-refractivity contribution in [3.05, 3.63) is 28.2 Å². The van der Waals surface area contributed by atoms with Crippen molar-refractivity contribution in [3.8, 4) is 0 Å². The van der Waals surface area contributed by atoms with Crippen LogP contribution in [-0.4, -0.2) is 13.0 Å². The maximum atomic E-state index is 13.2. The van der Waals surface area contributed by atoms with Gasteiger partial charge in [-0.25, -0.2) is 8.78 Å². The van der Waals surface area contributed by atoms with Crippen LogP contribution in [0.5, 0.6) is 0 Å². The van der Waals surface area contributed by atoms with Crippen molar-refractivity contribution in [2.24, 2.45) is 10.7 Å². The van der Waals surface area contributed by atoms with E-state index in [0.29, 0.717) is 0 Å². The van der Waals surface area contributed by atoms with E-state index in [-0.39, 0.29) is 16.1 Å². The Morgan fingerprint density at radius 2 is 2.14 bits per heavy atom. The smallest absolute Gasteiger partial charge is 0.192 e. The molecule has 1 aromatic carbocycles. The van der Waals surface area contributed by atoms with E-state index in [1.54, 1.807) is 0 Å². The largest absolute Gasteiger partial charge is 0.370 e. The second-order valence-corrected chi connectivity index (χ2v) is 3.33. The predicted molar refractivity (Wildman–Crippen MR) is 55.2 cm³/mol. The van der Waals surface area contributed by atoms with Gasteiger partial charge < -0.3 is 11.1 Å². The summed E-state index contributed by atoms with van der Waals surface area (Å²) in [5, 5.41) is 2.49. The molecule has 0 aliphatic rings. The number of nitrogens with zero attached hydrogens (tertiary/aromatic N) is 1. The number of hydrogen-bond donors (Lipinski definition) is 2. The maximum absolute atomic E-state index is 13.2. The molecule has 0 saturated heterocycles. The second-order valence-electron chi connectivity index (χ2n) is 2.48. The van der Waals surface area contributed by atoms with Crippen LogP contribution in [-0.2, 0) is 0 Å². The van der Waals surface area contributed by atoms with Crippen LogP contribution in [0.4, 0.5) is 14.5 Å². The first-order valence-corrected chi connectivity index (χ1v) is 4.47. The number of anilines is 1. The Hall–Kier alpha value is -1.17. The molecule has 1 rings (SSSR count). The van der Waals surface area contributed by atoms with Crippen molar-refractivity contribution in [3.63, 3.8) is 0 Å². The maximum Gasteiger partial charge on any atom is 0.192 e. The molecule has 0 saturated carbocycles. The summed E-state index contributed by atoms with van der Waals surface area (Å²) in [5.74, 6) is -1.34. The van der Waals surface area contributed by atoms with Crippen molar-refractivity contribution >= 4 is 27.6 Å². The molecule has 0 fully saturated rings. The van der Waals surface area contributed by atoms with Gasteiger partial charge in [-0.3, -0.25) is 4.99 Å². The third-order valence-corrected chi connectivity index (χ3v) is 2.13. The summed E-state index contributed by atoms with van der Waals surface area (Å²) in [7, 11) is 1.46. The zero-order valence-corrected chi connectivity index (χ0v) is 8.90. The predicted octanol–water partition coefficient (Wildman–Crippen LogP) is 2.08. The zero-order valence-electron chi connectivity index (χ0n) is 7.31. The van der Waals surface area contributed by atoms with Gasteiger partial charge in [-0.1, -0.05) is 0 Å². The van der Waals surface area contributed by atoms with Gasteiger partial charge in [0.25, 0.3) is 0 Å². The fourth-order valence-electron chi connectivity index (χ4n) is 0.846. The summed E-state index contributed by atoms with van der Waals surface area (Å²) in [6, 6.07) is 1.89. The molecule has 0 spiro atoms. The Morgan fingerprint density at radius 3 is 2.64 bits per heavy atom. The molecule has 0 aliphatic carbocycles. The van der Waals surface area contributed by atoms with E-state index in [1.807, 2.05) is 0 Å². The highest BCUT2D eigenvalue weighted by Crippen LogP contribution is 2.26. The Morgan fingerprint density at radius 1 is 1.50 bits per heavy atom. The SMILES string of the molecule is CN=C(N)Nc1c(F)cc(F)cc1Br. The number of guanidine groups is 1. The summed E-state index contributed by atoms with van der Waals surface area (Å²) < 4.78 is 26.1. The molecular weight excluding hydrogens is 256 g/mol. The molecular formula is C8H8BrF2N3. The monoisotopic (exact) mass is 263 g/mol. The molecule has 1 aromatic rings. The number of aliphatic imine (C=N–C) groups is 1. The number of benzene rings is 1. The molecule has 0 aliphatic heterocycles. The molecule has 3 nitrogen and oxygen atoms in total. The van der Waals surface area contributed by atoms with Crippen molar-refractivity contribution < 1.29 is 8.78 Å². The highest BCUT2D eigenvalue weighted by molar-refractivity contribution is 9.10. The van der Waals surface area contributed by atoms with E-state index in [1.165, 1.54) is 7.05 Å². The van der Waals surface area contributed by atoms with Gasteiger partial charge in [0, 0.05) is 17.6 Å². The van der Waals surface area contributed by atoms with Gasteiger partial charge >= 0.3 is 0 Å². The molecule has 0 radical (unpaired) electrons. The molecule has 0 aromatic heterocycles. The van der Waals surface area contributed by atoms with Gasteiger partial charge in [-0.2, -0.15) is 0 Å². The van der Waals surface area contributed by atoms with Gasteiger partial charge in [0.15, 0.2) is 11.8 Å². The first kappa shape index (κ1) is 10.9. The molecule has 0 bridgehead atoms. The number of nitrogens with one attached hydrogen (secondary N) is 1. The minimum atomic E-state index is -0.733. The first-order valence-electron chi connectivity index (χ1n) is 3.68. The summed E-state index contributed by atoms with van der Waals surface area (Å²) in [5.41, 5.74) is 5.40. The van der Waals surface area contributed by atoms with Gasteiger partial charge in [0.05, 0.1) is 5.69 Å². The van der Waals surface area contributed by atoms with E-state index in [4.69, 9.17) is 5.73 Å². The lowest BCUT2D eigenvalue weighted by molar-refractivity contribution is 0.585. The van der Waals surface area contributed by atoms with Crippen LogP contribution in [0.25, 0.3) is 0 Å². The van der Waals surface area contributed by atoms with E-state index in [9.17, 15) is 8.78 Å². The summed E-state index contributed by atoms with van der Waals surface area (Å²) in [4.78, 5) is 3.59. The Balaban J connectivity index is 3.09. The van der Waals surface area contributed by atoms with Crippen molar-refractivity contribution in [2.75, 3.05) is 12.4 Å². The summed E-state index contributed by atoms with van der Waals surface area (Å²) in [6.45, 7) is 0. The van der Waals surface area contributed by atoms with Crippen LogP contribution in [0.1, 0.15) is 0 Å². The zero-order chi connectivity index (χ0) is 10.7. The fraction of sp³-hybridized carbons (Fsp3) is 0.125. The van der Waals surface area contributed by atoms with Crippen molar-refractivity contribution in [2.45, 2.75) is 0 Å². The van der Waals surface area contributed by atoms with E-state index >= 15 is 0 Å². The van der Waals surface area contributed by atoms with Crippen LogP contribution >= 0.6 is 15.9 Å². The Labute approximate surface area is 88.1 Å². The van der Waals surface area contributed by atoms with E-state index in [2.05, 4.69) is 26.2 Å². The first-order chi connectivity index (χ1) is 6.54. The average molecular weight is 264 g/mol. The van der Waals surface area contributed by atoms with Crippen LogP contribution in [0, 0.1) is 11.6 Å². The number of halogens is 3. The summed E-state index contributed by atoms with van der Waals surface area (Å²) >= 11 is 3.00. The second kappa shape index (κ2) is 4.36. The third kappa shape index (κ3) is 2.41. The fourth-order valence-corrected chi connectivity index (χ4v) is 1.35.